The van der Waals surface area contributed by atoms with Crippen molar-refractivity contribution in [3.05, 3.63) is 68.0 Å². The lowest BCUT2D eigenvalue weighted by atomic mass is 9.88. The summed E-state index contributed by atoms with van der Waals surface area (Å²) in [5.74, 6) is -1.13. The zero-order valence-corrected chi connectivity index (χ0v) is 13.0. The van der Waals surface area contributed by atoms with Gasteiger partial charge in [-0.05, 0) is 23.1 Å². The number of nitrogens with one attached hydrogen (secondary N) is 2. The summed E-state index contributed by atoms with van der Waals surface area (Å²) in [5.41, 5.74) is 0.482. The standard InChI is InChI=1S/C13H10BrF3N4O2/c14-7-1-2-10(15)9(3-7)13(12(16)17)6-20-8(5-18-13)4-11(19-20)21(22)23/h1-5,12,18-19H,6H2. The number of hydrazine groups is 1. The second kappa shape index (κ2) is 5.44. The van der Waals surface area contributed by atoms with Crippen molar-refractivity contribution in [2.24, 2.45) is 0 Å². The lowest BCUT2D eigenvalue weighted by Gasteiger charge is -2.40. The molecule has 0 amide bonds. The van der Waals surface area contributed by atoms with Crippen molar-refractivity contribution in [1.29, 1.82) is 0 Å². The third-order valence-electron chi connectivity index (χ3n) is 3.71. The lowest BCUT2D eigenvalue weighted by Crippen LogP contribution is -2.58. The maximum atomic E-state index is 14.1. The smallest absolute Gasteiger partial charge is 0.341 e. The van der Waals surface area contributed by atoms with Crippen molar-refractivity contribution in [3.63, 3.8) is 0 Å². The van der Waals surface area contributed by atoms with Gasteiger partial charge in [-0.1, -0.05) is 15.9 Å². The summed E-state index contributed by atoms with van der Waals surface area (Å²) in [6.07, 6.45) is -0.537. The molecule has 0 saturated carbocycles. The molecule has 0 aromatic heterocycles. The minimum Gasteiger partial charge on any atom is -0.373 e. The summed E-state index contributed by atoms with van der Waals surface area (Å²) in [4.78, 5) is 10.1. The molecule has 2 N–H and O–H groups in total. The van der Waals surface area contributed by atoms with Gasteiger partial charge in [-0.25, -0.2) is 18.2 Å². The number of alkyl halides is 2. The Morgan fingerprint density at radius 1 is 1.43 bits per heavy atom. The van der Waals surface area contributed by atoms with Crippen molar-refractivity contribution < 1.29 is 18.1 Å². The minimum absolute atomic E-state index is 0.228. The highest BCUT2D eigenvalue weighted by Gasteiger charge is 2.49. The maximum Gasteiger partial charge on any atom is 0.341 e. The van der Waals surface area contributed by atoms with Gasteiger partial charge >= 0.3 is 5.82 Å². The van der Waals surface area contributed by atoms with Crippen LogP contribution in [0.2, 0.25) is 0 Å². The fraction of sp³-hybridized carbons (Fsp3) is 0.231. The van der Waals surface area contributed by atoms with E-state index in [1.54, 1.807) is 0 Å². The monoisotopic (exact) mass is 390 g/mol. The molecule has 122 valence electrons. The average molecular weight is 391 g/mol. The van der Waals surface area contributed by atoms with Gasteiger partial charge < -0.3 is 15.4 Å². The number of allylic oxidation sites excluding steroid dienone is 1. The summed E-state index contributed by atoms with van der Waals surface area (Å²) in [6, 6.07) is 3.76. The fourth-order valence-electron chi connectivity index (χ4n) is 2.55. The Morgan fingerprint density at radius 2 is 2.17 bits per heavy atom. The SMILES string of the molecule is O=[N+]([O-])C1=CC2=CNC(c3cc(Br)ccc3F)(C(F)F)CN2N1. The van der Waals surface area contributed by atoms with E-state index >= 15 is 0 Å². The molecule has 10 heteroatoms. The van der Waals surface area contributed by atoms with E-state index in [2.05, 4.69) is 26.7 Å². The number of hydrogen-bond acceptors (Lipinski definition) is 5. The number of hydrogen-bond donors (Lipinski definition) is 2. The molecule has 1 atom stereocenters. The van der Waals surface area contributed by atoms with Crippen molar-refractivity contribution in [3.8, 4) is 0 Å². The Labute approximate surface area is 136 Å². The summed E-state index contributed by atoms with van der Waals surface area (Å²) in [7, 11) is 0. The predicted molar refractivity (Wildman–Crippen MR) is 77.9 cm³/mol. The minimum atomic E-state index is -2.95. The molecule has 0 radical (unpaired) electrons. The zero-order valence-electron chi connectivity index (χ0n) is 11.4. The molecule has 2 heterocycles. The highest BCUT2D eigenvalue weighted by molar-refractivity contribution is 9.10. The Balaban J connectivity index is 2.01. The van der Waals surface area contributed by atoms with Crippen molar-refractivity contribution in [1.82, 2.24) is 15.8 Å². The Hall–Kier alpha value is -2.23. The topological polar surface area (TPSA) is 70.4 Å². The highest BCUT2D eigenvalue weighted by atomic mass is 79.9. The molecule has 1 unspecified atom stereocenters. The van der Waals surface area contributed by atoms with Crippen LogP contribution in [-0.4, -0.2) is 22.9 Å². The normalized spacial score (nSPS) is 22.9. The second-order valence-corrected chi connectivity index (χ2v) is 6.01. The van der Waals surface area contributed by atoms with Crippen molar-refractivity contribution in [2.75, 3.05) is 6.54 Å². The molecule has 2 aliphatic rings. The first-order valence-electron chi connectivity index (χ1n) is 6.45. The summed E-state index contributed by atoms with van der Waals surface area (Å²) < 4.78 is 42.2. The van der Waals surface area contributed by atoms with E-state index < -0.39 is 29.2 Å². The molecule has 1 aromatic rings. The second-order valence-electron chi connectivity index (χ2n) is 5.09. The number of halogens is 4. The van der Waals surface area contributed by atoms with Crippen LogP contribution in [0.15, 0.2) is 46.5 Å². The van der Waals surface area contributed by atoms with Gasteiger partial charge in [-0.2, -0.15) is 5.43 Å². The molecule has 1 aromatic carbocycles. The van der Waals surface area contributed by atoms with E-state index in [0.29, 0.717) is 10.2 Å². The summed E-state index contributed by atoms with van der Waals surface area (Å²) in [6.45, 7) is -0.391. The van der Waals surface area contributed by atoms with E-state index in [-0.39, 0.29) is 11.4 Å². The highest BCUT2D eigenvalue weighted by Crippen LogP contribution is 2.37. The first kappa shape index (κ1) is 15.7. The van der Waals surface area contributed by atoms with Gasteiger partial charge in [0, 0.05) is 16.2 Å². The van der Waals surface area contributed by atoms with E-state index in [9.17, 15) is 23.3 Å². The van der Waals surface area contributed by atoms with Crippen LogP contribution in [0.3, 0.4) is 0 Å². The van der Waals surface area contributed by atoms with Crippen LogP contribution in [0.4, 0.5) is 13.2 Å². The Morgan fingerprint density at radius 3 is 2.83 bits per heavy atom. The molecular weight excluding hydrogens is 381 g/mol. The van der Waals surface area contributed by atoms with Crippen LogP contribution >= 0.6 is 15.9 Å². The fourth-order valence-corrected chi connectivity index (χ4v) is 2.91. The molecule has 3 rings (SSSR count). The van der Waals surface area contributed by atoms with E-state index in [1.165, 1.54) is 29.4 Å². The Kier molecular flexibility index (Phi) is 3.71. The molecule has 0 fully saturated rings. The van der Waals surface area contributed by atoms with Crippen LogP contribution < -0.4 is 10.7 Å². The van der Waals surface area contributed by atoms with Crippen LogP contribution in [-0.2, 0) is 5.54 Å². The van der Waals surface area contributed by atoms with Gasteiger partial charge in [0.1, 0.15) is 17.1 Å². The van der Waals surface area contributed by atoms with E-state index in [0.717, 1.165) is 6.07 Å². The Bertz CT molecular complexity index is 740. The third-order valence-corrected chi connectivity index (χ3v) is 4.20. The largest absolute Gasteiger partial charge is 0.373 e. The van der Waals surface area contributed by atoms with Crippen LogP contribution in [0.5, 0.6) is 0 Å². The molecular formula is C13H10BrF3N4O2. The maximum absolute atomic E-state index is 14.1. The van der Waals surface area contributed by atoms with Gasteiger partial charge in [0.2, 0.25) is 0 Å². The van der Waals surface area contributed by atoms with Crippen molar-refractivity contribution in [2.45, 2.75) is 12.0 Å². The molecule has 0 spiro atoms. The van der Waals surface area contributed by atoms with E-state index in [1.807, 2.05) is 0 Å². The molecule has 2 aliphatic heterocycles. The van der Waals surface area contributed by atoms with E-state index in [4.69, 9.17) is 0 Å². The first-order valence-corrected chi connectivity index (χ1v) is 7.24. The lowest BCUT2D eigenvalue weighted by molar-refractivity contribution is -0.433. The summed E-state index contributed by atoms with van der Waals surface area (Å²) in [5, 5.41) is 14.5. The van der Waals surface area contributed by atoms with Crippen LogP contribution in [0, 0.1) is 15.9 Å². The molecule has 23 heavy (non-hydrogen) atoms. The van der Waals surface area contributed by atoms with Crippen LogP contribution in [0.1, 0.15) is 5.56 Å². The number of nitrogens with zero attached hydrogens (tertiary/aromatic N) is 2. The third kappa shape index (κ3) is 2.52. The number of nitro groups is 1. The predicted octanol–water partition coefficient (Wildman–Crippen LogP) is 2.43. The van der Waals surface area contributed by atoms with Gasteiger partial charge in [-0.15, -0.1) is 0 Å². The molecule has 0 bridgehead atoms. The average Bonchev–Trinajstić information content (AvgIpc) is 2.92. The van der Waals surface area contributed by atoms with Gasteiger partial charge in [0.25, 0.3) is 6.43 Å². The number of rotatable bonds is 3. The summed E-state index contributed by atoms with van der Waals surface area (Å²) >= 11 is 3.14. The first-order chi connectivity index (χ1) is 10.8. The van der Waals surface area contributed by atoms with Gasteiger partial charge in [0.15, 0.2) is 0 Å². The van der Waals surface area contributed by atoms with Crippen LogP contribution in [0.25, 0.3) is 0 Å². The van der Waals surface area contributed by atoms with Gasteiger partial charge in [0.05, 0.1) is 12.6 Å². The van der Waals surface area contributed by atoms with Crippen molar-refractivity contribution >= 4 is 15.9 Å². The quantitative estimate of drug-likeness (QED) is 0.612. The molecule has 0 aliphatic carbocycles. The number of benzene rings is 1. The molecule has 6 nitrogen and oxygen atoms in total. The van der Waals surface area contributed by atoms with Gasteiger partial charge in [-0.3, -0.25) is 0 Å². The molecule has 0 saturated heterocycles. The number of fused-ring (bicyclic) bond motifs is 1. The zero-order chi connectivity index (χ0) is 16.8.